The van der Waals surface area contributed by atoms with Gasteiger partial charge in [-0.05, 0) is 81.6 Å². The molecule has 7 aromatic carbocycles. The minimum Gasteiger partial charge on any atom is -0.454 e. The summed E-state index contributed by atoms with van der Waals surface area (Å²) in [4.78, 5) is 2.31. The van der Waals surface area contributed by atoms with Crippen molar-refractivity contribution in [2.75, 3.05) is 4.90 Å². The van der Waals surface area contributed by atoms with E-state index in [1.54, 1.807) is 0 Å². The van der Waals surface area contributed by atoms with Crippen molar-refractivity contribution in [2.45, 2.75) is 0 Å². The van der Waals surface area contributed by atoms with Crippen LogP contribution in [0.3, 0.4) is 0 Å². The van der Waals surface area contributed by atoms with Gasteiger partial charge in [-0.3, -0.25) is 0 Å². The van der Waals surface area contributed by atoms with Crippen molar-refractivity contribution in [3.63, 3.8) is 0 Å². The van der Waals surface area contributed by atoms with Crippen LogP contribution in [0.2, 0.25) is 0 Å². The second-order valence-corrected chi connectivity index (χ2v) is 10.6. The maximum absolute atomic E-state index is 6.62. The number of furan rings is 1. The van der Waals surface area contributed by atoms with E-state index in [1.165, 1.54) is 27.5 Å². The topological polar surface area (TPSA) is 16.4 Å². The van der Waals surface area contributed by atoms with E-state index in [0.29, 0.717) is 0 Å². The van der Waals surface area contributed by atoms with Crippen molar-refractivity contribution in [1.29, 1.82) is 0 Å². The van der Waals surface area contributed by atoms with E-state index in [9.17, 15) is 0 Å². The average molecular weight is 538 g/mol. The molecule has 0 atom stereocenters. The van der Waals surface area contributed by atoms with Gasteiger partial charge in [0.25, 0.3) is 0 Å². The van der Waals surface area contributed by atoms with E-state index in [2.05, 4.69) is 163 Å². The van der Waals surface area contributed by atoms with Crippen LogP contribution >= 0.6 is 0 Å². The lowest BCUT2D eigenvalue weighted by Gasteiger charge is -2.26. The van der Waals surface area contributed by atoms with Crippen LogP contribution in [0.25, 0.3) is 55.0 Å². The lowest BCUT2D eigenvalue weighted by molar-refractivity contribution is 0.669. The molecule has 1 aromatic heterocycles. The van der Waals surface area contributed by atoms with Crippen LogP contribution in [0, 0.1) is 0 Å². The molecular formula is C40H27NO. The van der Waals surface area contributed by atoms with Gasteiger partial charge in [0.05, 0.1) is 5.69 Å². The molecule has 0 spiro atoms. The molecule has 0 amide bonds. The average Bonchev–Trinajstić information content (AvgIpc) is 3.45. The van der Waals surface area contributed by atoms with E-state index in [0.717, 1.165) is 44.6 Å². The van der Waals surface area contributed by atoms with Gasteiger partial charge in [-0.2, -0.15) is 0 Å². The maximum atomic E-state index is 6.62. The molecule has 0 N–H and O–H groups in total. The molecule has 0 saturated heterocycles. The third kappa shape index (κ3) is 4.22. The van der Waals surface area contributed by atoms with Gasteiger partial charge < -0.3 is 9.32 Å². The summed E-state index contributed by atoms with van der Waals surface area (Å²) in [5, 5.41) is 4.68. The zero-order valence-corrected chi connectivity index (χ0v) is 22.9. The van der Waals surface area contributed by atoms with Crippen molar-refractivity contribution in [3.8, 4) is 22.3 Å². The highest BCUT2D eigenvalue weighted by atomic mass is 16.3. The van der Waals surface area contributed by atoms with Gasteiger partial charge in [0, 0.05) is 22.1 Å². The predicted molar refractivity (Wildman–Crippen MR) is 177 cm³/mol. The van der Waals surface area contributed by atoms with Crippen molar-refractivity contribution in [3.05, 3.63) is 164 Å². The fourth-order valence-corrected chi connectivity index (χ4v) is 5.95. The normalized spacial score (nSPS) is 11.3. The smallest absolute Gasteiger partial charge is 0.159 e. The van der Waals surface area contributed by atoms with Crippen molar-refractivity contribution >= 4 is 49.8 Å². The first-order valence-electron chi connectivity index (χ1n) is 14.3. The highest BCUT2D eigenvalue weighted by Gasteiger charge is 2.21. The monoisotopic (exact) mass is 537 g/mol. The third-order valence-electron chi connectivity index (χ3n) is 8.03. The summed E-state index contributed by atoms with van der Waals surface area (Å²) in [5.41, 5.74) is 9.62. The molecule has 198 valence electrons. The largest absolute Gasteiger partial charge is 0.454 e. The molecule has 0 aliphatic heterocycles. The second kappa shape index (κ2) is 10.1. The third-order valence-corrected chi connectivity index (χ3v) is 8.03. The summed E-state index contributed by atoms with van der Waals surface area (Å²) in [6, 6.07) is 57.9. The molecular weight excluding hydrogens is 510 g/mol. The zero-order valence-electron chi connectivity index (χ0n) is 22.9. The Hall–Kier alpha value is -5.60. The lowest BCUT2D eigenvalue weighted by Crippen LogP contribution is -2.10. The highest BCUT2D eigenvalue weighted by Crippen LogP contribution is 2.45. The molecule has 0 bridgehead atoms. The Morgan fingerprint density at radius 3 is 1.81 bits per heavy atom. The van der Waals surface area contributed by atoms with E-state index in [1.807, 2.05) is 6.07 Å². The Balaban J connectivity index is 1.38. The SMILES string of the molecule is c1ccc(-c2ccc(N(c3ccccc3)c3cc(-c4ccc5ccccc5c4)cc4c3oc3ccccc34)cc2)cc1. The van der Waals surface area contributed by atoms with Gasteiger partial charge in [-0.15, -0.1) is 0 Å². The molecule has 0 saturated carbocycles. The summed E-state index contributed by atoms with van der Waals surface area (Å²) in [7, 11) is 0. The molecule has 0 aliphatic rings. The highest BCUT2D eigenvalue weighted by molar-refractivity contribution is 6.12. The number of nitrogens with zero attached hydrogens (tertiary/aromatic N) is 1. The Morgan fingerprint density at radius 2 is 1.00 bits per heavy atom. The number of fused-ring (bicyclic) bond motifs is 4. The minimum absolute atomic E-state index is 0.872. The Kier molecular flexibility index (Phi) is 5.82. The van der Waals surface area contributed by atoms with Gasteiger partial charge in [-0.25, -0.2) is 0 Å². The Morgan fingerprint density at radius 1 is 0.381 bits per heavy atom. The van der Waals surface area contributed by atoms with Crippen LogP contribution in [0.5, 0.6) is 0 Å². The molecule has 0 fully saturated rings. The van der Waals surface area contributed by atoms with Crippen LogP contribution in [-0.4, -0.2) is 0 Å². The summed E-state index contributed by atoms with van der Waals surface area (Å²) >= 11 is 0. The predicted octanol–water partition coefficient (Wildman–Crippen LogP) is 11.5. The fourth-order valence-electron chi connectivity index (χ4n) is 5.95. The standard InChI is InChI=1S/C40H27NO/c1-3-11-28(12-4-1)30-21-23-35(24-22-30)41(34-15-5-2-6-16-34)38-27-33(32-20-19-29-13-7-8-14-31(29)25-32)26-37-36-17-9-10-18-39(36)42-40(37)38/h1-27H. The van der Waals surface area contributed by atoms with Crippen molar-refractivity contribution in [2.24, 2.45) is 0 Å². The number of hydrogen-bond acceptors (Lipinski definition) is 2. The molecule has 0 radical (unpaired) electrons. The maximum Gasteiger partial charge on any atom is 0.159 e. The molecule has 0 aliphatic carbocycles. The van der Waals surface area contributed by atoms with E-state index >= 15 is 0 Å². The van der Waals surface area contributed by atoms with Gasteiger partial charge in [0.1, 0.15) is 5.58 Å². The van der Waals surface area contributed by atoms with E-state index in [-0.39, 0.29) is 0 Å². The van der Waals surface area contributed by atoms with Crippen LogP contribution in [0.4, 0.5) is 17.1 Å². The molecule has 2 heteroatoms. The van der Waals surface area contributed by atoms with E-state index < -0.39 is 0 Å². The summed E-state index contributed by atoms with van der Waals surface area (Å²) in [5.74, 6) is 0. The number of hydrogen-bond donors (Lipinski definition) is 0. The summed E-state index contributed by atoms with van der Waals surface area (Å²) in [6.07, 6.45) is 0. The number of benzene rings is 7. The van der Waals surface area contributed by atoms with Crippen LogP contribution in [0.1, 0.15) is 0 Å². The van der Waals surface area contributed by atoms with Gasteiger partial charge in [-0.1, -0.05) is 115 Å². The van der Waals surface area contributed by atoms with Gasteiger partial charge >= 0.3 is 0 Å². The Labute approximate surface area is 244 Å². The molecule has 8 rings (SSSR count). The molecule has 2 nitrogen and oxygen atoms in total. The van der Waals surface area contributed by atoms with Gasteiger partial charge in [0.2, 0.25) is 0 Å². The van der Waals surface area contributed by atoms with E-state index in [4.69, 9.17) is 4.42 Å². The minimum atomic E-state index is 0.872. The fraction of sp³-hybridized carbons (Fsp3) is 0. The molecule has 42 heavy (non-hydrogen) atoms. The lowest BCUT2D eigenvalue weighted by atomic mass is 9.98. The van der Waals surface area contributed by atoms with Crippen LogP contribution in [0.15, 0.2) is 168 Å². The first-order valence-corrected chi connectivity index (χ1v) is 14.3. The first-order chi connectivity index (χ1) is 20.8. The molecule has 8 aromatic rings. The zero-order chi connectivity index (χ0) is 27.9. The van der Waals surface area contributed by atoms with Crippen LogP contribution in [-0.2, 0) is 0 Å². The van der Waals surface area contributed by atoms with Crippen LogP contribution < -0.4 is 4.90 Å². The number of anilines is 3. The second-order valence-electron chi connectivity index (χ2n) is 10.6. The Bertz CT molecular complexity index is 2180. The summed E-state index contributed by atoms with van der Waals surface area (Å²) in [6.45, 7) is 0. The molecule has 0 unspecified atom stereocenters. The van der Waals surface area contributed by atoms with Crippen molar-refractivity contribution in [1.82, 2.24) is 0 Å². The molecule has 1 heterocycles. The number of para-hydroxylation sites is 2. The number of rotatable bonds is 5. The first kappa shape index (κ1) is 24.2. The van der Waals surface area contributed by atoms with Gasteiger partial charge in [0.15, 0.2) is 5.58 Å². The quantitative estimate of drug-likeness (QED) is 0.217. The van der Waals surface area contributed by atoms with Crippen molar-refractivity contribution < 1.29 is 4.42 Å². The summed E-state index contributed by atoms with van der Waals surface area (Å²) < 4.78 is 6.62.